The maximum Gasteiger partial charge on any atom is 0.0205 e. The molecule has 0 atom stereocenters. The predicted octanol–water partition coefficient (Wildman–Crippen LogP) is 3.44. The van der Waals surface area contributed by atoms with Crippen molar-refractivity contribution < 1.29 is 0 Å². The van der Waals surface area contributed by atoms with Crippen LogP contribution in [0.5, 0.6) is 0 Å². The third-order valence-electron chi connectivity index (χ3n) is 3.35. The van der Waals surface area contributed by atoms with E-state index in [1.807, 2.05) is 0 Å². The highest BCUT2D eigenvalue weighted by Gasteiger charge is 2.28. The number of nitrogens with zero attached hydrogens (tertiary/aromatic N) is 1. The Morgan fingerprint density at radius 3 is 2.39 bits per heavy atom. The Balaban J connectivity index is 2.29. The van der Waals surface area contributed by atoms with Gasteiger partial charge in [-0.25, -0.2) is 0 Å². The summed E-state index contributed by atoms with van der Waals surface area (Å²) in [4.78, 5) is 2.63. The highest BCUT2D eigenvalue weighted by atomic mass is 15.2. The molecule has 1 N–H and O–H groups in total. The van der Waals surface area contributed by atoms with Crippen LogP contribution in [0.15, 0.2) is 12.2 Å². The van der Waals surface area contributed by atoms with E-state index >= 15 is 0 Å². The summed E-state index contributed by atoms with van der Waals surface area (Å²) in [6.07, 6.45) is 4.08. The van der Waals surface area contributed by atoms with Gasteiger partial charge in [-0.05, 0) is 58.1 Å². The topological polar surface area (TPSA) is 15.3 Å². The van der Waals surface area contributed by atoms with Crippen molar-refractivity contribution >= 4 is 0 Å². The molecule has 0 aliphatic heterocycles. The van der Waals surface area contributed by atoms with Crippen LogP contribution in [0, 0.1) is 5.92 Å². The Bertz CT molecular complexity index is 259. The van der Waals surface area contributed by atoms with Crippen molar-refractivity contribution in [1.82, 2.24) is 10.2 Å². The van der Waals surface area contributed by atoms with Gasteiger partial charge in [0.2, 0.25) is 0 Å². The molecule has 0 bridgehead atoms. The number of hydrogen-bond acceptors (Lipinski definition) is 2. The quantitative estimate of drug-likeness (QED) is 0.666. The Kier molecular flexibility index (Phi) is 5.87. The van der Waals surface area contributed by atoms with Gasteiger partial charge in [0.25, 0.3) is 0 Å². The number of rotatable bonds is 8. The van der Waals surface area contributed by atoms with E-state index in [2.05, 4.69) is 51.4 Å². The van der Waals surface area contributed by atoms with Gasteiger partial charge >= 0.3 is 0 Å². The van der Waals surface area contributed by atoms with E-state index in [0.717, 1.165) is 25.0 Å². The van der Waals surface area contributed by atoms with Crippen LogP contribution in [-0.2, 0) is 0 Å². The lowest BCUT2D eigenvalue weighted by atomic mass is 10.1. The van der Waals surface area contributed by atoms with Crippen molar-refractivity contribution in [2.45, 2.75) is 65.5 Å². The minimum absolute atomic E-state index is 0.186. The van der Waals surface area contributed by atoms with Crippen LogP contribution in [0.25, 0.3) is 0 Å². The van der Waals surface area contributed by atoms with Gasteiger partial charge in [0.05, 0.1) is 0 Å². The summed E-state index contributed by atoms with van der Waals surface area (Å²) in [7, 11) is 0. The molecule has 1 saturated carbocycles. The fraction of sp³-hybridized carbons (Fsp3) is 0.875. The van der Waals surface area contributed by atoms with Crippen LogP contribution >= 0.6 is 0 Å². The molecule has 0 aromatic heterocycles. The molecule has 1 aliphatic rings. The Labute approximate surface area is 114 Å². The van der Waals surface area contributed by atoms with Gasteiger partial charge in [-0.1, -0.05) is 20.4 Å². The number of hydrogen-bond donors (Lipinski definition) is 1. The third kappa shape index (κ3) is 7.17. The van der Waals surface area contributed by atoms with Crippen molar-refractivity contribution in [3.05, 3.63) is 12.2 Å². The zero-order valence-corrected chi connectivity index (χ0v) is 13.1. The Morgan fingerprint density at radius 1 is 1.33 bits per heavy atom. The molecular weight excluding hydrogens is 220 g/mol. The molecule has 0 spiro atoms. The molecule has 0 amide bonds. The van der Waals surface area contributed by atoms with Crippen molar-refractivity contribution in [3.8, 4) is 0 Å². The average Bonchev–Trinajstić information content (AvgIpc) is 3.03. The summed E-state index contributed by atoms with van der Waals surface area (Å²) >= 11 is 0. The summed E-state index contributed by atoms with van der Waals surface area (Å²) in [6, 6.07) is 0.843. The lowest BCUT2D eigenvalue weighted by Crippen LogP contribution is -2.39. The van der Waals surface area contributed by atoms with Crippen LogP contribution in [0.1, 0.15) is 53.9 Å². The van der Waals surface area contributed by atoms with Gasteiger partial charge < -0.3 is 5.32 Å². The zero-order valence-electron chi connectivity index (χ0n) is 13.1. The van der Waals surface area contributed by atoms with Crippen molar-refractivity contribution in [3.63, 3.8) is 0 Å². The fourth-order valence-electron chi connectivity index (χ4n) is 1.99. The lowest BCUT2D eigenvalue weighted by Gasteiger charge is -2.26. The molecule has 0 unspecified atom stereocenters. The summed E-state index contributed by atoms with van der Waals surface area (Å²) in [6.45, 7) is 18.7. The highest BCUT2D eigenvalue weighted by molar-refractivity contribution is 5.03. The first-order valence-corrected chi connectivity index (χ1v) is 7.43. The van der Waals surface area contributed by atoms with Gasteiger partial charge in [0.1, 0.15) is 0 Å². The third-order valence-corrected chi connectivity index (χ3v) is 3.35. The monoisotopic (exact) mass is 252 g/mol. The first kappa shape index (κ1) is 15.7. The summed E-state index contributed by atoms with van der Waals surface area (Å²) in [5.74, 6) is 0.798. The number of nitrogens with one attached hydrogen (secondary N) is 1. The van der Waals surface area contributed by atoms with Gasteiger partial charge in [-0.15, -0.1) is 0 Å². The normalized spacial score (nSPS) is 16.6. The van der Waals surface area contributed by atoms with E-state index in [-0.39, 0.29) is 5.54 Å². The molecule has 1 rings (SSSR count). The van der Waals surface area contributed by atoms with E-state index in [1.165, 1.54) is 31.4 Å². The summed E-state index contributed by atoms with van der Waals surface area (Å²) in [5, 5.41) is 3.52. The smallest absolute Gasteiger partial charge is 0.0205 e. The Morgan fingerprint density at radius 2 is 1.94 bits per heavy atom. The largest absolute Gasteiger partial charge is 0.308 e. The Hall–Kier alpha value is -0.340. The minimum Gasteiger partial charge on any atom is -0.308 e. The van der Waals surface area contributed by atoms with Gasteiger partial charge in [0.15, 0.2) is 0 Å². The average molecular weight is 252 g/mol. The van der Waals surface area contributed by atoms with Gasteiger partial charge in [0, 0.05) is 24.7 Å². The molecule has 0 aromatic carbocycles. The van der Waals surface area contributed by atoms with Crippen LogP contribution in [0.3, 0.4) is 0 Å². The highest BCUT2D eigenvalue weighted by Crippen LogP contribution is 2.27. The summed E-state index contributed by atoms with van der Waals surface area (Å²) in [5.41, 5.74) is 1.51. The molecular formula is C16H32N2. The second-order valence-electron chi connectivity index (χ2n) is 7.24. The molecule has 2 heteroatoms. The molecule has 0 radical (unpaired) electrons. The maximum absolute atomic E-state index is 4.23. The lowest BCUT2D eigenvalue weighted by molar-refractivity contribution is 0.264. The zero-order chi connectivity index (χ0) is 13.8. The first-order chi connectivity index (χ1) is 8.28. The van der Waals surface area contributed by atoms with Crippen molar-refractivity contribution in [2.75, 3.05) is 19.6 Å². The van der Waals surface area contributed by atoms with Crippen LogP contribution in [-0.4, -0.2) is 36.1 Å². The van der Waals surface area contributed by atoms with E-state index in [9.17, 15) is 0 Å². The summed E-state index contributed by atoms with van der Waals surface area (Å²) < 4.78 is 0. The molecule has 1 fully saturated rings. The molecule has 0 saturated heterocycles. The standard InChI is InChI=1S/C16H32N2/c1-13(2)9-10-18(15-7-8-15)12-14(3)11-17-16(4,5)6/h13,15,17H,3,7-12H2,1-2,4-6H3. The fourth-order valence-corrected chi connectivity index (χ4v) is 1.99. The van der Waals surface area contributed by atoms with Crippen LogP contribution in [0.2, 0.25) is 0 Å². The molecule has 18 heavy (non-hydrogen) atoms. The molecule has 2 nitrogen and oxygen atoms in total. The second kappa shape index (κ2) is 6.72. The van der Waals surface area contributed by atoms with Crippen molar-refractivity contribution in [1.29, 1.82) is 0 Å². The van der Waals surface area contributed by atoms with Gasteiger partial charge in [-0.3, -0.25) is 4.90 Å². The van der Waals surface area contributed by atoms with E-state index in [0.29, 0.717) is 0 Å². The van der Waals surface area contributed by atoms with E-state index in [1.54, 1.807) is 0 Å². The first-order valence-electron chi connectivity index (χ1n) is 7.43. The van der Waals surface area contributed by atoms with Crippen LogP contribution in [0.4, 0.5) is 0 Å². The second-order valence-corrected chi connectivity index (χ2v) is 7.24. The molecule has 0 aromatic rings. The predicted molar refractivity (Wildman–Crippen MR) is 80.9 cm³/mol. The van der Waals surface area contributed by atoms with Gasteiger partial charge in [-0.2, -0.15) is 0 Å². The van der Waals surface area contributed by atoms with Crippen LogP contribution < -0.4 is 5.32 Å². The SMILES string of the molecule is C=C(CNC(C)(C)C)CN(CCC(C)C)C1CC1. The molecule has 106 valence electrons. The molecule has 1 aliphatic carbocycles. The molecule has 0 heterocycles. The maximum atomic E-state index is 4.23. The van der Waals surface area contributed by atoms with E-state index in [4.69, 9.17) is 0 Å². The van der Waals surface area contributed by atoms with Crippen molar-refractivity contribution in [2.24, 2.45) is 5.92 Å². The minimum atomic E-state index is 0.186. The van der Waals surface area contributed by atoms with E-state index < -0.39 is 0 Å².